The van der Waals surface area contributed by atoms with Crippen LogP contribution in [-0.4, -0.2) is 100 Å². The van der Waals surface area contributed by atoms with Crippen LogP contribution >= 0.6 is 23.4 Å². The first-order valence-electron chi connectivity index (χ1n) is 16.0. The molecule has 5 heterocycles. The Morgan fingerprint density at radius 3 is 2.35 bits per heavy atom. The number of aromatic nitrogens is 2. The number of hydrogen-bond acceptors (Lipinski definition) is 7. The lowest BCUT2D eigenvalue weighted by Crippen LogP contribution is -2.56. The fourth-order valence-corrected chi connectivity index (χ4v) is 9.29. The fraction of sp³-hybridized carbons (Fsp3) is 0.485. The summed E-state index contributed by atoms with van der Waals surface area (Å²) < 4.78 is 76.2. The quantitative estimate of drug-likeness (QED) is 0.186. The van der Waals surface area contributed by atoms with E-state index in [1.54, 1.807) is 9.80 Å². The molecule has 7 rings (SSSR count). The number of nitrogens with zero attached hydrogens (tertiary/aromatic N) is 6. The van der Waals surface area contributed by atoms with Crippen LogP contribution in [-0.2, 0) is 11.0 Å². The van der Waals surface area contributed by atoms with Gasteiger partial charge >= 0.3 is 11.9 Å². The standard InChI is InChI=1S/C33H34ClF5N6O2S/c1-3-27(46)44-18-5-6-19(44)16-43(15-18)31-22-11-23(33(37,38)39)28(21-12-24(34)26(36)13-25(21)35)30-29(22)45(32(47)40-31)20(17-48-30)14-42-9-7-41(4-2)8-10-42/h3,11-13,18-20H,1,4-10,14-17H2,2H3/t18?,19?,20-/m0/s1. The van der Waals surface area contributed by atoms with Crippen molar-refractivity contribution in [1.82, 2.24) is 24.3 Å². The molecule has 1 aromatic heterocycles. The van der Waals surface area contributed by atoms with E-state index in [0.29, 0.717) is 25.5 Å². The number of carbonyl (C=O) groups is 1. The number of piperazine rings is 2. The van der Waals surface area contributed by atoms with Gasteiger partial charge in [0.1, 0.15) is 17.5 Å². The molecule has 2 aromatic carbocycles. The summed E-state index contributed by atoms with van der Waals surface area (Å²) in [5.41, 5.74) is -2.50. The third-order valence-corrected chi connectivity index (χ3v) is 11.6. The highest BCUT2D eigenvalue weighted by Crippen LogP contribution is 2.51. The molecule has 0 aliphatic carbocycles. The number of benzene rings is 2. The summed E-state index contributed by atoms with van der Waals surface area (Å²) in [5, 5.41) is -0.405. The lowest BCUT2D eigenvalue weighted by molar-refractivity contribution is -0.137. The van der Waals surface area contributed by atoms with Crippen molar-refractivity contribution >= 4 is 46.0 Å². The maximum absolute atomic E-state index is 15.4. The molecule has 2 bridgehead atoms. The van der Waals surface area contributed by atoms with Crippen molar-refractivity contribution in [3.05, 3.63) is 63.6 Å². The van der Waals surface area contributed by atoms with E-state index in [2.05, 4.69) is 28.3 Å². The van der Waals surface area contributed by atoms with Crippen molar-refractivity contribution in [2.45, 2.75) is 49.0 Å². The van der Waals surface area contributed by atoms with E-state index in [1.165, 1.54) is 10.6 Å². The van der Waals surface area contributed by atoms with Crippen LogP contribution in [0.4, 0.5) is 27.8 Å². The number of likely N-dealkylation sites (N-methyl/N-ethyl adjacent to an activating group) is 1. The monoisotopic (exact) mass is 708 g/mol. The minimum atomic E-state index is -4.95. The number of amides is 1. The van der Waals surface area contributed by atoms with E-state index >= 15 is 17.6 Å². The fourth-order valence-electron chi connectivity index (χ4n) is 7.80. The minimum Gasteiger partial charge on any atom is -0.352 e. The topological polar surface area (TPSA) is 64.9 Å². The number of halogens is 6. The molecule has 0 radical (unpaired) electrons. The summed E-state index contributed by atoms with van der Waals surface area (Å²) in [5.74, 6) is -2.16. The molecule has 0 saturated carbocycles. The van der Waals surface area contributed by atoms with Gasteiger partial charge in [-0.3, -0.25) is 14.3 Å². The van der Waals surface area contributed by atoms with Gasteiger partial charge in [-0.2, -0.15) is 18.2 Å². The van der Waals surface area contributed by atoms with Crippen molar-refractivity contribution in [2.75, 3.05) is 63.0 Å². The normalized spacial score (nSPS) is 23.3. The summed E-state index contributed by atoms with van der Waals surface area (Å²) in [6.07, 6.45) is -2.29. The van der Waals surface area contributed by atoms with Crippen molar-refractivity contribution in [1.29, 1.82) is 0 Å². The lowest BCUT2D eigenvalue weighted by Gasteiger charge is -2.42. The van der Waals surface area contributed by atoms with Crippen molar-refractivity contribution in [2.24, 2.45) is 0 Å². The molecule has 0 spiro atoms. The summed E-state index contributed by atoms with van der Waals surface area (Å²) >= 11 is 7.13. The van der Waals surface area contributed by atoms with Crippen LogP contribution in [0.15, 0.2) is 40.5 Å². The number of carbonyl (C=O) groups excluding carboxylic acids is 1. The zero-order chi connectivity index (χ0) is 34.1. The number of thioether (sulfide) groups is 1. The second kappa shape index (κ2) is 12.6. The molecule has 8 nitrogen and oxygen atoms in total. The Morgan fingerprint density at radius 1 is 1.06 bits per heavy atom. The average molecular weight is 709 g/mol. The molecule has 1 amide bonds. The molecule has 256 valence electrons. The second-order valence-corrected chi connectivity index (χ2v) is 14.2. The second-order valence-electron chi connectivity index (χ2n) is 12.8. The number of anilines is 1. The predicted molar refractivity (Wildman–Crippen MR) is 176 cm³/mol. The molecule has 4 aliphatic rings. The van der Waals surface area contributed by atoms with E-state index in [4.69, 9.17) is 11.6 Å². The Labute approximate surface area is 283 Å². The van der Waals surface area contributed by atoms with Gasteiger partial charge in [-0.05, 0) is 37.6 Å². The van der Waals surface area contributed by atoms with Gasteiger partial charge in [-0.15, -0.1) is 11.8 Å². The Bertz CT molecular complexity index is 1850. The SMILES string of the molecule is C=CC(=O)N1C2CCC1CN(c1nc(=O)n3c4c(c(-c5cc(Cl)c(F)cc5F)c(C(F)(F)F)cc14)SC[C@@H]3CN1CCN(CC)CC1)C2. The van der Waals surface area contributed by atoms with E-state index < -0.39 is 51.3 Å². The zero-order valence-corrected chi connectivity index (χ0v) is 27.8. The Morgan fingerprint density at radius 2 is 1.73 bits per heavy atom. The van der Waals surface area contributed by atoms with Crippen LogP contribution in [0.1, 0.15) is 31.4 Å². The molecule has 3 aromatic rings. The molecule has 3 saturated heterocycles. The Balaban J connectivity index is 1.43. The van der Waals surface area contributed by atoms with E-state index in [1.807, 2.05) is 0 Å². The number of hydrogen-bond donors (Lipinski definition) is 0. The summed E-state index contributed by atoms with van der Waals surface area (Å²) in [7, 11) is 0. The Hall–Kier alpha value is -3.20. The predicted octanol–water partition coefficient (Wildman–Crippen LogP) is 5.66. The number of fused-ring (bicyclic) bond motifs is 2. The molecule has 15 heteroatoms. The van der Waals surface area contributed by atoms with Crippen LogP contribution in [0.5, 0.6) is 0 Å². The van der Waals surface area contributed by atoms with Gasteiger partial charge in [0.15, 0.2) is 0 Å². The highest BCUT2D eigenvalue weighted by Gasteiger charge is 2.44. The molecule has 2 unspecified atom stereocenters. The van der Waals surface area contributed by atoms with Crippen LogP contribution < -0.4 is 10.6 Å². The van der Waals surface area contributed by atoms with Crippen LogP contribution in [0.25, 0.3) is 22.0 Å². The van der Waals surface area contributed by atoms with Gasteiger partial charge in [-0.25, -0.2) is 13.6 Å². The zero-order valence-electron chi connectivity index (χ0n) is 26.2. The molecule has 4 aliphatic heterocycles. The van der Waals surface area contributed by atoms with Gasteiger partial charge in [0, 0.05) is 91.1 Å². The third kappa shape index (κ3) is 5.67. The van der Waals surface area contributed by atoms with Crippen molar-refractivity contribution in [3.8, 4) is 11.1 Å². The third-order valence-electron chi connectivity index (χ3n) is 10.1. The molecule has 3 fully saturated rings. The van der Waals surface area contributed by atoms with Gasteiger partial charge in [0.05, 0.1) is 22.1 Å². The number of rotatable bonds is 6. The molecule has 48 heavy (non-hydrogen) atoms. The van der Waals surface area contributed by atoms with E-state index in [-0.39, 0.29) is 58.4 Å². The number of alkyl halides is 3. The smallest absolute Gasteiger partial charge is 0.352 e. The van der Waals surface area contributed by atoms with Gasteiger partial charge < -0.3 is 14.7 Å². The first-order chi connectivity index (χ1) is 22.9. The first kappa shape index (κ1) is 33.3. The van der Waals surface area contributed by atoms with Crippen LogP contribution in [0, 0.1) is 11.6 Å². The van der Waals surface area contributed by atoms with Crippen LogP contribution in [0.3, 0.4) is 0 Å². The molecule has 0 N–H and O–H groups in total. The highest BCUT2D eigenvalue weighted by atomic mass is 35.5. The maximum atomic E-state index is 15.4. The van der Waals surface area contributed by atoms with Crippen molar-refractivity contribution in [3.63, 3.8) is 0 Å². The molecular weight excluding hydrogens is 675 g/mol. The maximum Gasteiger partial charge on any atom is 0.417 e. The summed E-state index contributed by atoms with van der Waals surface area (Å²) in [6.45, 7) is 11.0. The minimum absolute atomic E-state index is 0.0673. The lowest BCUT2D eigenvalue weighted by atomic mass is 9.95. The average Bonchev–Trinajstić information content (AvgIpc) is 3.32. The largest absolute Gasteiger partial charge is 0.417 e. The van der Waals surface area contributed by atoms with Crippen molar-refractivity contribution < 1.29 is 26.7 Å². The van der Waals surface area contributed by atoms with E-state index in [9.17, 15) is 14.0 Å². The first-order valence-corrected chi connectivity index (χ1v) is 17.4. The highest BCUT2D eigenvalue weighted by molar-refractivity contribution is 7.99. The van der Waals surface area contributed by atoms with Gasteiger partial charge in [0.2, 0.25) is 5.91 Å². The van der Waals surface area contributed by atoms with E-state index in [0.717, 1.165) is 56.6 Å². The van der Waals surface area contributed by atoms with Gasteiger partial charge in [0.25, 0.3) is 0 Å². The Kier molecular flexibility index (Phi) is 8.74. The van der Waals surface area contributed by atoms with Crippen LogP contribution in [0.2, 0.25) is 5.02 Å². The molecular formula is C33H34ClF5N6O2S. The molecule has 3 atom stereocenters. The summed E-state index contributed by atoms with van der Waals surface area (Å²) in [4.78, 5) is 39.4. The van der Waals surface area contributed by atoms with Gasteiger partial charge in [-0.1, -0.05) is 25.1 Å². The summed E-state index contributed by atoms with van der Waals surface area (Å²) in [6, 6.07) is 1.43.